The predicted molar refractivity (Wildman–Crippen MR) is 77.4 cm³/mol. The van der Waals surface area contributed by atoms with Crippen molar-refractivity contribution in [2.24, 2.45) is 5.73 Å². The molecule has 0 atom stereocenters. The Morgan fingerprint density at radius 3 is 2.85 bits per heavy atom. The molecule has 2 rings (SSSR count). The Morgan fingerprint density at radius 1 is 1.45 bits per heavy atom. The topological polar surface area (TPSA) is 122 Å². The summed E-state index contributed by atoms with van der Waals surface area (Å²) >= 11 is 0. The number of nitrogens with two attached hydrogens (primary N) is 1. The highest BCUT2D eigenvalue weighted by molar-refractivity contribution is 5.84. The molecule has 2 heterocycles. The number of nitrogens with one attached hydrogen (secondary N) is 3. The Balaban J connectivity index is 2.36. The van der Waals surface area contributed by atoms with Gasteiger partial charge in [0.15, 0.2) is 11.5 Å². The van der Waals surface area contributed by atoms with Crippen molar-refractivity contribution in [3.8, 4) is 0 Å². The van der Waals surface area contributed by atoms with Gasteiger partial charge in [0.05, 0.1) is 6.33 Å². The first-order chi connectivity index (χ1) is 9.41. The standard InChI is InChI=1S/C12H19N7O/c1-4-14-11-17-9-8(15-6-16-9)10(18-11)19-12(2,3)5-7(13)20/h6H,4-5H2,1-3H3,(H2,13,20)(H3,14,15,16,17,18,19). The van der Waals surface area contributed by atoms with Gasteiger partial charge in [0, 0.05) is 18.5 Å². The molecule has 0 saturated carbocycles. The number of carbonyl (C=O) groups excluding carboxylic acids is 1. The lowest BCUT2D eigenvalue weighted by atomic mass is 10.0. The number of nitrogens with zero attached hydrogens (tertiary/aromatic N) is 3. The van der Waals surface area contributed by atoms with Crippen molar-refractivity contribution in [3.63, 3.8) is 0 Å². The van der Waals surface area contributed by atoms with E-state index in [9.17, 15) is 4.79 Å². The summed E-state index contributed by atoms with van der Waals surface area (Å²) in [6.07, 6.45) is 1.75. The Kier molecular flexibility index (Phi) is 3.73. The van der Waals surface area contributed by atoms with Crippen LogP contribution in [-0.2, 0) is 4.79 Å². The number of hydrogen-bond donors (Lipinski definition) is 4. The molecule has 8 heteroatoms. The van der Waals surface area contributed by atoms with Gasteiger partial charge in [0.25, 0.3) is 0 Å². The summed E-state index contributed by atoms with van der Waals surface area (Å²) < 4.78 is 0. The summed E-state index contributed by atoms with van der Waals surface area (Å²) in [5.41, 5.74) is 6.01. The van der Waals surface area contributed by atoms with Gasteiger partial charge >= 0.3 is 0 Å². The molecule has 0 aromatic carbocycles. The van der Waals surface area contributed by atoms with Gasteiger partial charge in [0.1, 0.15) is 5.52 Å². The summed E-state index contributed by atoms with van der Waals surface area (Å²) in [6.45, 7) is 6.44. The summed E-state index contributed by atoms with van der Waals surface area (Å²) in [7, 11) is 0. The van der Waals surface area contributed by atoms with E-state index in [1.54, 1.807) is 6.33 Å². The summed E-state index contributed by atoms with van der Waals surface area (Å²) in [5.74, 6) is 0.712. The Labute approximate surface area is 116 Å². The van der Waals surface area contributed by atoms with Gasteiger partial charge in [-0.1, -0.05) is 0 Å². The highest BCUT2D eigenvalue weighted by Gasteiger charge is 2.23. The van der Waals surface area contributed by atoms with E-state index in [2.05, 4.69) is 30.6 Å². The molecule has 20 heavy (non-hydrogen) atoms. The van der Waals surface area contributed by atoms with Crippen LogP contribution in [0.1, 0.15) is 27.2 Å². The second-order valence-corrected chi connectivity index (χ2v) is 5.18. The first-order valence-electron chi connectivity index (χ1n) is 6.43. The normalized spacial score (nSPS) is 11.6. The first-order valence-corrected chi connectivity index (χ1v) is 6.43. The molecular weight excluding hydrogens is 258 g/mol. The van der Waals surface area contributed by atoms with E-state index in [0.717, 1.165) is 0 Å². The molecule has 0 aliphatic heterocycles. The molecule has 0 bridgehead atoms. The highest BCUT2D eigenvalue weighted by atomic mass is 16.1. The van der Waals surface area contributed by atoms with Crippen LogP contribution in [0.4, 0.5) is 11.8 Å². The van der Waals surface area contributed by atoms with Crippen molar-refractivity contribution < 1.29 is 4.79 Å². The van der Waals surface area contributed by atoms with E-state index in [0.29, 0.717) is 29.5 Å². The maximum Gasteiger partial charge on any atom is 0.226 e. The number of imidazole rings is 1. The lowest BCUT2D eigenvalue weighted by Crippen LogP contribution is -2.36. The summed E-state index contributed by atoms with van der Waals surface area (Å²) in [4.78, 5) is 26.9. The number of anilines is 2. The van der Waals surface area contributed by atoms with Gasteiger partial charge in [-0.2, -0.15) is 9.97 Å². The number of carbonyl (C=O) groups is 1. The number of primary amides is 1. The summed E-state index contributed by atoms with van der Waals surface area (Å²) in [6, 6.07) is 0. The maximum absolute atomic E-state index is 11.1. The van der Waals surface area contributed by atoms with Gasteiger partial charge in [-0.3, -0.25) is 4.79 Å². The minimum absolute atomic E-state index is 0.198. The molecule has 0 unspecified atom stereocenters. The molecule has 2 aromatic rings. The Bertz CT molecular complexity index is 619. The molecule has 5 N–H and O–H groups in total. The largest absolute Gasteiger partial charge is 0.370 e. The first kappa shape index (κ1) is 14.0. The number of fused-ring (bicyclic) bond motifs is 1. The van der Waals surface area contributed by atoms with Gasteiger partial charge in [-0.05, 0) is 20.8 Å². The van der Waals surface area contributed by atoms with E-state index < -0.39 is 5.54 Å². The zero-order valence-corrected chi connectivity index (χ0v) is 11.8. The monoisotopic (exact) mass is 277 g/mol. The molecule has 2 aromatic heterocycles. The fourth-order valence-corrected chi connectivity index (χ4v) is 1.96. The minimum atomic E-state index is -0.512. The van der Waals surface area contributed by atoms with Gasteiger partial charge in [0.2, 0.25) is 11.9 Å². The zero-order chi connectivity index (χ0) is 14.8. The number of H-pyrrole nitrogens is 1. The quantitative estimate of drug-likeness (QED) is 0.621. The zero-order valence-electron chi connectivity index (χ0n) is 11.8. The van der Waals surface area contributed by atoms with E-state index in [1.807, 2.05) is 20.8 Å². The van der Waals surface area contributed by atoms with Crippen LogP contribution < -0.4 is 16.4 Å². The Morgan fingerprint density at radius 2 is 2.20 bits per heavy atom. The van der Waals surface area contributed by atoms with Crippen molar-refractivity contribution in [1.82, 2.24) is 19.9 Å². The smallest absolute Gasteiger partial charge is 0.226 e. The van der Waals surface area contributed by atoms with Gasteiger partial charge in [-0.25, -0.2) is 4.98 Å². The number of hydrogen-bond acceptors (Lipinski definition) is 6. The molecule has 1 amide bonds. The van der Waals surface area contributed by atoms with Crippen molar-refractivity contribution in [1.29, 1.82) is 0 Å². The lowest BCUT2D eigenvalue weighted by Gasteiger charge is -2.25. The maximum atomic E-state index is 11.1. The van der Waals surface area contributed by atoms with E-state index in [1.165, 1.54) is 0 Å². The molecular formula is C12H19N7O. The molecule has 108 valence electrons. The summed E-state index contributed by atoms with van der Waals surface area (Å²) in [5, 5.41) is 6.26. The Hall–Kier alpha value is -2.38. The van der Waals surface area contributed by atoms with Crippen LogP contribution in [-0.4, -0.2) is 37.9 Å². The third-order valence-corrected chi connectivity index (χ3v) is 2.69. The van der Waals surface area contributed by atoms with Crippen LogP contribution in [0.25, 0.3) is 11.2 Å². The van der Waals surface area contributed by atoms with E-state index in [-0.39, 0.29) is 12.3 Å². The van der Waals surface area contributed by atoms with E-state index in [4.69, 9.17) is 5.73 Å². The molecule has 0 aliphatic rings. The third-order valence-electron chi connectivity index (χ3n) is 2.69. The van der Waals surface area contributed by atoms with Crippen LogP contribution >= 0.6 is 0 Å². The van der Waals surface area contributed by atoms with Crippen LogP contribution in [0.3, 0.4) is 0 Å². The predicted octanol–water partition coefficient (Wildman–Crippen LogP) is 0.851. The second-order valence-electron chi connectivity index (χ2n) is 5.18. The van der Waals surface area contributed by atoms with Crippen LogP contribution in [0.5, 0.6) is 0 Å². The average molecular weight is 277 g/mol. The highest BCUT2D eigenvalue weighted by Crippen LogP contribution is 2.23. The number of amides is 1. The SMILES string of the molecule is CCNc1nc(NC(C)(C)CC(N)=O)c2[nH]cnc2n1. The number of aromatic amines is 1. The fourth-order valence-electron chi connectivity index (χ4n) is 1.96. The van der Waals surface area contributed by atoms with Crippen molar-refractivity contribution in [3.05, 3.63) is 6.33 Å². The van der Waals surface area contributed by atoms with Crippen molar-refractivity contribution >= 4 is 28.8 Å². The molecule has 0 radical (unpaired) electrons. The second kappa shape index (κ2) is 5.32. The van der Waals surface area contributed by atoms with Crippen molar-refractivity contribution in [2.45, 2.75) is 32.7 Å². The number of aromatic nitrogens is 4. The minimum Gasteiger partial charge on any atom is -0.370 e. The molecule has 0 spiro atoms. The number of rotatable bonds is 6. The molecule has 0 aliphatic carbocycles. The molecule has 0 fully saturated rings. The van der Waals surface area contributed by atoms with Crippen LogP contribution in [0.2, 0.25) is 0 Å². The third kappa shape index (κ3) is 3.14. The van der Waals surface area contributed by atoms with Crippen molar-refractivity contribution in [2.75, 3.05) is 17.2 Å². The van der Waals surface area contributed by atoms with Crippen LogP contribution in [0.15, 0.2) is 6.33 Å². The van der Waals surface area contributed by atoms with Gasteiger partial charge in [-0.15, -0.1) is 0 Å². The molecule has 0 saturated heterocycles. The van der Waals surface area contributed by atoms with Crippen LogP contribution in [0, 0.1) is 0 Å². The van der Waals surface area contributed by atoms with E-state index >= 15 is 0 Å². The van der Waals surface area contributed by atoms with Gasteiger partial charge < -0.3 is 21.4 Å². The molecule has 8 nitrogen and oxygen atoms in total. The average Bonchev–Trinajstić information content (AvgIpc) is 2.75. The lowest BCUT2D eigenvalue weighted by molar-refractivity contribution is -0.118. The fraction of sp³-hybridized carbons (Fsp3) is 0.500.